The summed E-state index contributed by atoms with van der Waals surface area (Å²) in [6.07, 6.45) is 7.60. The zero-order chi connectivity index (χ0) is 20.4. The minimum Gasteiger partial charge on any atom is -0.332 e. The van der Waals surface area contributed by atoms with E-state index in [-0.39, 0.29) is 11.5 Å². The van der Waals surface area contributed by atoms with E-state index in [0.29, 0.717) is 27.8 Å². The highest BCUT2D eigenvalue weighted by Gasteiger charge is 2.30. The van der Waals surface area contributed by atoms with Gasteiger partial charge in [-0.15, -0.1) is 0 Å². The van der Waals surface area contributed by atoms with Gasteiger partial charge in [0.05, 0.1) is 43.1 Å². The van der Waals surface area contributed by atoms with Crippen LogP contribution in [0.15, 0.2) is 23.0 Å². The molecule has 1 aliphatic heterocycles. The Labute approximate surface area is 176 Å². The lowest BCUT2D eigenvalue weighted by atomic mass is 9.94. The summed E-state index contributed by atoms with van der Waals surface area (Å²) >= 11 is 5.35. The fraction of sp³-hybridized carbons (Fsp3) is 0.591. The van der Waals surface area contributed by atoms with Crippen molar-refractivity contribution in [3.63, 3.8) is 0 Å². The highest BCUT2D eigenvalue weighted by atomic mass is 32.1. The summed E-state index contributed by atoms with van der Waals surface area (Å²) in [5, 5.41) is 0.579. The molecule has 0 spiro atoms. The van der Waals surface area contributed by atoms with Gasteiger partial charge in [0.25, 0.3) is 11.5 Å². The number of aromatic amines is 1. The number of carbonyl (C=O) groups excluding carboxylic acids is 1. The number of nitrogens with one attached hydrogen (secondary N) is 2. The number of aromatic nitrogens is 2. The monoisotopic (exact) mass is 415 g/mol. The third-order valence-electron chi connectivity index (χ3n) is 6.55. The van der Waals surface area contributed by atoms with Gasteiger partial charge in [0.1, 0.15) is 0 Å². The maximum absolute atomic E-state index is 13.1. The van der Waals surface area contributed by atoms with Crippen molar-refractivity contribution in [3.05, 3.63) is 38.9 Å². The first-order valence-corrected chi connectivity index (χ1v) is 11.4. The van der Waals surface area contributed by atoms with Gasteiger partial charge in [-0.05, 0) is 62.5 Å². The molecule has 1 aliphatic carbocycles. The zero-order valence-electron chi connectivity index (χ0n) is 17.2. The standard InChI is InChI=1S/C22H30N4O2S/c1-2-10-26-21(28)18-9-8-16(15-19(18)23-22(26)29)20(27)25-13-11-24(12-14-25)17-6-4-3-5-7-17/h8-9,15,17H,2-7,10-14H2,1H3,(H,23,29)/p+1. The van der Waals surface area contributed by atoms with E-state index in [0.717, 1.165) is 38.6 Å². The van der Waals surface area contributed by atoms with Crippen molar-refractivity contribution < 1.29 is 9.69 Å². The van der Waals surface area contributed by atoms with Crippen LogP contribution in [0, 0.1) is 4.77 Å². The van der Waals surface area contributed by atoms with Crippen molar-refractivity contribution in [2.24, 2.45) is 0 Å². The molecule has 6 nitrogen and oxygen atoms in total. The fourth-order valence-corrected chi connectivity index (χ4v) is 5.20. The summed E-state index contributed by atoms with van der Waals surface area (Å²) in [5.74, 6) is 0.0478. The smallest absolute Gasteiger partial charge is 0.262 e. The van der Waals surface area contributed by atoms with E-state index in [4.69, 9.17) is 12.2 Å². The minimum atomic E-state index is -0.0886. The van der Waals surface area contributed by atoms with E-state index in [2.05, 4.69) is 4.98 Å². The third-order valence-corrected chi connectivity index (χ3v) is 6.87. The number of quaternary nitrogens is 1. The number of rotatable bonds is 4. The molecule has 2 aliphatic rings. The van der Waals surface area contributed by atoms with Gasteiger partial charge in [0.15, 0.2) is 4.77 Å². The first kappa shape index (κ1) is 20.3. The number of piperazine rings is 1. The molecule has 2 heterocycles. The van der Waals surface area contributed by atoms with Gasteiger partial charge in [0.2, 0.25) is 0 Å². The molecule has 7 heteroatoms. The van der Waals surface area contributed by atoms with Gasteiger partial charge in [-0.1, -0.05) is 13.3 Å². The Bertz CT molecular complexity index is 998. The van der Waals surface area contributed by atoms with Crippen LogP contribution in [0.4, 0.5) is 0 Å². The molecule has 2 N–H and O–H groups in total. The first-order chi connectivity index (χ1) is 14.1. The van der Waals surface area contributed by atoms with Gasteiger partial charge < -0.3 is 14.8 Å². The van der Waals surface area contributed by atoms with Crippen LogP contribution < -0.4 is 10.5 Å². The van der Waals surface area contributed by atoms with Crippen LogP contribution in [-0.4, -0.2) is 52.6 Å². The van der Waals surface area contributed by atoms with Crippen LogP contribution in [0.1, 0.15) is 55.8 Å². The van der Waals surface area contributed by atoms with Crippen LogP contribution in [-0.2, 0) is 6.54 Å². The van der Waals surface area contributed by atoms with Crippen molar-refractivity contribution in [1.82, 2.24) is 14.5 Å². The van der Waals surface area contributed by atoms with Gasteiger partial charge in [-0.2, -0.15) is 0 Å². The minimum absolute atomic E-state index is 0.0478. The third kappa shape index (κ3) is 4.16. The average Bonchev–Trinajstić information content (AvgIpc) is 2.76. The summed E-state index contributed by atoms with van der Waals surface area (Å²) in [6.45, 7) is 6.29. The Morgan fingerprint density at radius 2 is 1.93 bits per heavy atom. The fourth-order valence-electron chi connectivity index (χ4n) is 4.91. The molecule has 1 saturated carbocycles. The largest absolute Gasteiger partial charge is 0.332 e. The molecular formula is C22H31N4O2S+. The zero-order valence-corrected chi connectivity index (χ0v) is 18.0. The van der Waals surface area contributed by atoms with Crippen LogP contribution in [0.2, 0.25) is 0 Å². The van der Waals surface area contributed by atoms with Crippen molar-refractivity contribution in [2.75, 3.05) is 26.2 Å². The Morgan fingerprint density at radius 1 is 1.21 bits per heavy atom. The van der Waals surface area contributed by atoms with E-state index in [1.54, 1.807) is 27.7 Å². The molecule has 2 aromatic rings. The quantitative estimate of drug-likeness (QED) is 0.752. The maximum Gasteiger partial charge on any atom is 0.262 e. The molecule has 0 unspecified atom stereocenters. The second-order valence-corrected chi connectivity index (χ2v) is 8.82. The molecule has 0 radical (unpaired) electrons. The number of hydrogen-bond donors (Lipinski definition) is 2. The Hall–Kier alpha value is -1.99. The van der Waals surface area contributed by atoms with Crippen molar-refractivity contribution in [3.8, 4) is 0 Å². The topological polar surface area (TPSA) is 62.5 Å². The Morgan fingerprint density at radius 3 is 2.62 bits per heavy atom. The van der Waals surface area contributed by atoms with Crippen LogP contribution in [0.25, 0.3) is 10.9 Å². The SMILES string of the molecule is CCCn1c(=S)[nH]c2cc(C(=O)N3CC[NH+](C4CCCCC4)CC3)ccc2c1=O. The Kier molecular flexibility index (Phi) is 6.15. The predicted octanol–water partition coefficient (Wildman–Crippen LogP) is 2.14. The van der Waals surface area contributed by atoms with Crippen LogP contribution in [0.3, 0.4) is 0 Å². The molecule has 1 aromatic carbocycles. The number of amides is 1. The first-order valence-electron chi connectivity index (χ1n) is 11.0. The number of carbonyl (C=O) groups is 1. The second-order valence-electron chi connectivity index (χ2n) is 8.43. The van der Waals surface area contributed by atoms with Gasteiger partial charge in [0, 0.05) is 12.1 Å². The number of hydrogen-bond acceptors (Lipinski definition) is 3. The average molecular weight is 416 g/mol. The number of nitrogens with zero attached hydrogens (tertiary/aromatic N) is 2. The second kappa shape index (κ2) is 8.79. The van der Waals surface area contributed by atoms with Crippen molar-refractivity contribution in [2.45, 2.75) is 58.0 Å². The van der Waals surface area contributed by atoms with Crippen molar-refractivity contribution >= 4 is 29.0 Å². The van der Waals surface area contributed by atoms with E-state index in [1.807, 2.05) is 11.8 Å². The summed E-state index contributed by atoms with van der Waals surface area (Å²) in [6, 6.07) is 6.10. The molecular weight excluding hydrogens is 384 g/mol. The van der Waals surface area contributed by atoms with Gasteiger partial charge >= 0.3 is 0 Å². The molecule has 156 valence electrons. The molecule has 1 saturated heterocycles. The Balaban J connectivity index is 1.49. The summed E-state index contributed by atoms with van der Waals surface area (Å²) in [4.78, 5) is 32.5. The predicted molar refractivity (Wildman–Crippen MR) is 117 cm³/mol. The molecule has 1 amide bonds. The lowest BCUT2D eigenvalue weighted by Gasteiger charge is -2.38. The maximum atomic E-state index is 13.1. The van der Waals surface area contributed by atoms with Crippen molar-refractivity contribution in [1.29, 1.82) is 0 Å². The number of benzene rings is 1. The molecule has 0 bridgehead atoms. The van der Waals surface area contributed by atoms with E-state index in [9.17, 15) is 9.59 Å². The molecule has 1 aromatic heterocycles. The number of H-pyrrole nitrogens is 1. The highest BCUT2D eigenvalue weighted by Crippen LogP contribution is 2.16. The summed E-state index contributed by atoms with van der Waals surface area (Å²) < 4.78 is 2.01. The van der Waals surface area contributed by atoms with Crippen LogP contribution >= 0.6 is 12.2 Å². The van der Waals surface area contributed by atoms with Gasteiger partial charge in [-0.25, -0.2) is 0 Å². The molecule has 2 fully saturated rings. The lowest BCUT2D eigenvalue weighted by Crippen LogP contribution is -3.18. The van der Waals surface area contributed by atoms with E-state index < -0.39 is 0 Å². The summed E-state index contributed by atoms with van der Waals surface area (Å²) in [5.41, 5.74) is 1.18. The lowest BCUT2D eigenvalue weighted by molar-refractivity contribution is -0.930. The van der Waals surface area contributed by atoms with Crippen LogP contribution in [0.5, 0.6) is 0 Å². The summed E-state index contributed by atoms with van der Waals surface area (Å²) in [7, 11) is 0. The molecule has 4 rings (SSSR count). The molecule has 29 heavy (non-hydrogen) atoms. The highest BCUT2D eigenvalue weighted by molar-refractivity contribution is 7.71. The number of fused-ring (bicyclic) bond motifs is 1. The normalized spacial score (nSPS) is 19.0. The van der Waals surface area contributed by atoms with Gasteiger partial charge in [-0.3, -0.25) is 14.2 Å². The van der Waals surface area contributed by atoms with E-state index >= 15 is 0 Å². The van der Waals surface area contributed by atoms with E-state index in [1.165, 1.54) is 32.1 Å². The molecule has 0 atom stereocenters.